The number of fused-ring (bicyclic) bond motifs is 1. The Hall–Kier alpha value is -3.41. The number of likely N-dealkylation sites (tertiary alicyclic amines) is 1. The molecule has 4 heterocycles. The maximum Gasteiger partial charge on any atom is 0.222 e. The van der Waals surface area contributed by atoms with Crippen molar-refractivity contribution in [3.8, 4) is 5.75 Å². The number of rotatable bonds is 14. The molecule has 3 aliphatic heterocycles. The van der Waals surface area contributed by atoms with Crippen LogP contribution in [-0.2, 0) is 22.4 Å². The molecule has 0 unspecified atom stereocenters. The SMILES string of the molecule is CCCCC(=O)N1CCN(c2cc(NN)cc([C@H](CC=O)CN3CC[C@@H](CCc4cc(OC)c5c(n4)NCCC5)C3)c2)CC1.CO. The first-order chi connectivity index (χ1) is 22.5. The number of aryl methyl sites for hydroxylation is 1. The first-order valence-corrected chi connectivity index (χ1v) is 17.1. The number of nitrogens with one attached hydrogen (secondary N) is 2. The maximum absolute atomic E-state index is 12.5. The molecule has 0 bridgehead atoms. The monoisotopic (exact) mass is 637 g/mol. The largest absolute Gasteiger partial charge is 0.496 e. The average Bonchev–Trinajstić information content (AvgIpc) is 3.57. The average molecular weight is 638 g/mol. The Morgan fingerprint density at radius 3 is 2.72 bits per heavy atom. The topological polar surface area (TPSA) is 136 Å². The van der Waals surface area contributed by atoms with Crippen molar-refractivity contribution in [2.75, 3.05) is 82.2 Å². The van der Waals surface area contributed by atoms with Crippen LogP contribution in [0.15, 0.2) is 24.3 Å². The van der Waals surface area contributed by atoms with Gasteiger partial charge in [0.25, 0.3) is 0 Å². The molecule has 254 valence electrons. The highest BCUT2D eigenvalue weighted by Gasteiger charge is 2.27. The van der Waals surface area contributed by atoms with Crippen LogP contribution in [0, 0.1) is 5.92 Å². The van der Waals surface area contributed by atoms with Gasteiger partial charge < -0.3 is 40.1 Å². The molecule has 0 radical (unpaired) electrons. The van der Waals surface area contributed by atoms with Crippen LogP contribution in [-0.4, -0.2) is 98.7 Å². The van der Waals surface area contributed by atoms with Gasteiger partial charge in [-0.25, -0.2) is 4.98 Å². The number of benzene rings is 1. The molecule has 46 heavy (non-hydrogen) atoms. The van der Waals surface area contributed by atoms with Gasteiger partial charge >= 0.3 is 0 Å². The van der Waals surface area contributed by atoms with Gasteiger partial charge in [-0.1, -0.05) is 13.3 Å². The van der Waals surface area contributed by atoms with Crippen molar-refractivity contribution in [3.63, 3.8) is 0 Å². The molecule has 5 rings (SSSR count). The van der Waals surface area contributed by atoms with E-state index in [2.05, 4.69) is 51.7 Å². The molecule has 2 atom stereocenters. The fourth-order valence-electron chi connectivity index (χ4n) is 7.02. The Balaban J connectivity index is 0.00000235. The zero-order valence-electron chi connectivity index (χ0n) is 28.1. The molecule has 2 fully saturated rings. The predicted molar refractivity (Wildman–Crippen MR) is 185 cm³/mol. The van der Waals surface area contributed by atoms with E-state index in [9.17, 15) is 9.59 Å². The highest BCUT2D eigenvalue weighted by Crippen LogP contribution is 2.33. The second-order valence-corrected chi connectivity index (χ2v) is 12.7. The van der Waals surface area contributed by atoms with Crippen LogP contribution >= 0.6 is 0 Å². The molecule has 0 saturated carbocycles. The number of methoxy groups -OCH3 is 1. The molecule has 2 aromatic rings. The number of ether oxygens (including phenoxy) is 1. The van der Waals surface area contributed by atoms with Gasteiger partial charge in [-0.15, -0.1) is 0 Å². The molecule has 2 saturated heterocycles. The number of hydrazine groups is 1. The van der Waals surface area contributed by atoms with Crippen LogP contribution in [0.25, 0.3) is 0 Å². The molecule has 1 aromatic heterocycles. The second kappa shape index (κ2) is 18.1. The maximum atomic E-state index is 12.5. The third-order valence-electron chi connectivity index (χ3n) is 9.61. The summed E-state index contributed by atoms with van der Waals surface area (Å²) in [6, 6.07) is 8.50. The number of amides is 1. The number of pyridine rings is 1. The number of aldehydes is 1. The van der Waals surface area contributed by atoms with Gasteiger partial charge in [0.2, 0.25) is 5.91 Å². The van der Waals surface area contributed by atoms with E-state index in [1.807, 2.05) is 4.90 Å². The lowest BCUT2D eigenvalue weighted by Crippen LogP contribution is -2.48. The second-order valence-electron chi connectivity index (χ2n) is 12.7. The number of nitrogens with zero attached hydrogens (tertiary/aromatic N) is 4. The van der Waals surface area contributed by atoms with Crippen molar-refractivity contribution in [2.24, 2.45) is 11.8 Å². The van der Waals surface area contributed by atoms with Crippen molar-refractivity contribution in [3.05, 3.63) is 41.1 Å². The van der Waals surface area contributed by atoms with Gasteiger partial charge in [-0.05, 0) is 74.8 Å². The summed E-state index contributed by atoms with van der Waals surface area (Å²) < 4.78 is 5.69. The molecular formula is C35H55N7O4. The lowest BCUT2D eigenvalue weighted by Gasteiger charge is -2.37. The normalized spacial score (nSPS) is 18.6. The standard InChI is InChI=1S/C34H51N7O3.CH4O/c1-3-4-7-33(43)41-16-14-40(15-17-41)30-20-27(19-29(21-30)38-35)26(11-18-42)24-39-13-10-25(23-39)8-9-28-22-32(44-2)31-6-5-12-36-34(31)37-28;1-2/h18-22,25-26,38H,3-17,23-24,35H2,1-2H3,(H,36,37);2H,1H3/t25-,26-;/m1./s1. The van der Waals surface area contributed by atoms with E-state index in [4.69, 9.17) is 20.7 Å². The van der Waals surface area contributed by atoms with Crippen molar-refractivity contribution < 1.29 is 19.4 Å². The number of nitrogen functional groups attached to an aromatic ring is 1. The zero-order chi connectivity index (χ0) is 32.9. The number of nitrogens with two attached hydrogens (primary N) is 1. The highest BCUT2D eigenvalue weighted by molar-refractivity contribution is 5.76. The van der Waals surface area contributed by atoms with E-state index in [-0.39, 0.29) is 11.8 Å². The van der Waals surface area contributed by atoms with Gasteiger partial charge in [-0.2, -0.15) is 0 Å². The Bertz CT molecular complexity index is 1250. The van der Waals surface area contributed by atoms with E-state index in [0.717, 1.165) is 145 Å². The van der Waals surface area contributed by atoms with Crippen LogP contribution in [0.4, 0.5) is 17.2 Å². The first kappa shape index (κ1) is 35.4. The van der Waals surface area contributed by atoms with Crippen molar-refractivity contribution in [1.82, 2.24) is 14.8 Å². The Morgan fingerprint density at radius 2 is 2.00 bits per heavy atom. The van der Waals surface area contributed by atoms with Gasteiger partial charge in [0.05, 0.1) is 12.8 Å². The Labute approximate surface area is 274 Å². The number of aromatic nitrogens is 1. The molecule has 1 amide bonds. The fourth-order valence-corrected chi connectivity index (χ4v) is 7.02. The number of hydrogen-bond donors (Lipinski definition) is 4. The molecule has 0 aliphatic carbocycles. The van der Waals surface area contributed by atoms with E-state index in [1.54, 1.807) is 7.11 Å². The number of hydrogen-bond acceptors (Lipinski definition) is 10. The molecule has 3 aliphatic rings. The summed E-state index contributed by atoms with van der Waals surface area (Å²) in [4.78, 5) is 36.1. The lowest BCUT2D eigenvalue weighted by atomic mass is 9.94. The number of aliphatic hydroxyl groups excluding tert-OH is 1. The molecule has 11 heteroatoms. The van der Waals surface area contributed by atoms with E-state index in [1.165, 1.54) is 5.56 Å². The summed E-state index contributed by atoms with van der Waals surface area (Å²) in [6.45, 7) is 9.04. The number of carbonyl (C=O) groups is 2. The number of unbranched alkanes of at least 4 members (excludes halogenated alkanes) is 1. The lowest BCUT2D eigenvalue weighted by molar-refractivity contribution is -0.131. The summed E-state index contributed by atoms with van der Waals surface area (Å²) in [5.41, 5.74) is 8.20. The summed E-state index contributed by atoms with van der Waals surface area (Å²) in [5, 5.41) is 10.4. The third kappa shape index (κ3) is 9.33. The number of aliphatic hydroxyl groups is 1. The van der Waals surface area contributed by atoms with Crippen molar-refractivity contribution >= 4 is 29.4 Å². The number of anilines is 3. The molecule has 11 nitrogen and oxygen atoms in total. The van der Waals surface area contributed by atoms with Crippen molar-refractivity contribution in [1.29, 1.82) is 0 Å². The molecule has 1 aromatic carbocycles. The molecular weight excluding hydrogens is 582 g/mol. The highest BCUT2D eigenvalue weighted by atomic mass is 16.5. The quantitative estimate of drug-likeness (QED) is 0.138. The minimum atomic E-state index is 0.0906. The Morgan fingerprint density at radius 1 is 1.20 bits per heavy atom. The third-order valence-corrected chi connectivity index (χ3v) is 9.61. The predicted octanol–water partition coefficient (Wildman–Crippen LogP) is 3.81. The van der Waals surface area contributed by atoms with E-state index >= 15 is 0 Å². The first-order valence-electron chi connectivity index (χ1n) is 17.1. The van der Waals surface area contributed by atoms with Crippen LogP contribution in [0.5, 0.6) is 5.75 Å². The van der Waals surface area contributed by atoms with E-state index in [0.29, 0.717) is 18.8 Å². The van der Waals surface area contributed by atoms with Gasteiger partial charge in [0.15, 0.2) is 0 Å². The molecule has 0 spiro atoms. The van der Waals surface area contributed by atoms with Crippen LogP contribution in [0.1, 0.15) is 74.6 Å². The van der Waals surface area contributed by atoms with Gasteiger partial charge in [-0.3, -0.25) is 10.6 Å². The van der Waals surface area contributed by atoms with Crippen LogP contribution in [0.2, 0.25) is 0 Å². The van der Waals surface area contributed by atoms with Crippen molar-refractivity contribution in [2.45, 2.75) is 70.6 Å². The van der Waals surface area contributed by atoms with Gasteiger partial charge in [0.1, 0.15) is 17.9 Å². The number of carbonyl (C=O) groups excluding carboxylic acids is 2. The van der Waals surface area contributed by atoms with Crippen LogP contribution < -0.4 is 26.2 Å². The summed E-state index contributed by atoms with van der Waals surface area (Å²) in [7, 11) is 2.75. The zero-order valence-corrected chi connectivity index (χ0v) is 28.1. The minimum Gasteiger partial charge on any atom is -0.496 e. The summed E-state index contributed by atoms with van der Waals surface area (Å²) in [6.07, 6.45) is 9.44. The summed E-state index contributed by atoms with van der Waals surface area (Å²) >= 11 is 0. The minimum absolute atomic E-state index is 0.0906. The van der Waals surface area contributed by atoms with E-state index < -0.39 is 0 Å². The fraction of sp³-hybridized carbons (Fsp3) is 0.629. The molecule has 5 N–H and O–H groups in total. The number of piperazine rings is 1. The van der Waals surface area contributed by atoms with Crippen LogP contribution in [0.3, 0.4) is 0 Å². The Kier molecular flexibility index (Phi) is 13.9. The summed E-state index contributed by atoms with van der Waals surface area (Å²) in [5.74, 6) is 8.80. The van der Waals surface area contributed by atoms with Gasteiger partial charge in [0, 0.05) is 94.7 Å². The smallest absolute Gasteiger partial charge is 0.222 e.